The number of rotatable bonds is 3. The van der Waals surface area contributed by atoms with Crippen LogP contribution in [-0.2, 0) is 0 Å². The zero-order valence-electron chi connectivity index (χ0n) is 11.5. The van der Waals surface area contributed by atoms with Crippen molar-refractivity contribution in [3.8, 4) is 11.5 Å². The highest BCUT2D eigenvalue weighted by Crippen LogP contribution is 2.47. The van der Waals surface area contributed by atoms with E-state index in [1.54, 1.807) is 6.07 Å². The molecule has 0 saturated carbocycles. The van der Waals surface area contributed by atoms with Gasteiger partial charge in [0.05, 0.1) is 5.92 Å². The van der Waals surface area contributed by atoms with Gasteiger partial charge in [-0.3, -0.25) is 10.1 Å². The van der Waals surface area contributed by atoms with Crippen LogP contribution in [0.5, 0.6) is 11.5 Å². The molecule has 0 fully saturated rings. The summed E-state index contributed by atoms with van der Waals surface area (Å²) < 4.78 is 6.00. The summed E-state index contributed by atoms with van der Waals surface area (Å²) in [5, 5.41) is 12.3. The summed E-state index contributed by atoms with van der Waals surface area (Å²) in [5.74, 6) is 1.02. The molecule has 0 radical (unpaired) electrons. The predicted octanol–water partition coefficient (Wildman–Crippen LogP) is 4.98. The van der Waals surface area contributed by atoms with Gasteiger partial charge in [-0.05, 0) is 24.3 Å². The van der Waals surface area contributed by atoms with Crippen LogP contribution in [0.15, 0.2) is 42.5 Å². The second-order valence-corrected chi connectivity index (χ2v) is 6.29. The molecule has 6 heteroatoms. The second-order valence-electron chi connectivity index (χ2n) is 5.20. The van der Waals surface area contributed by atoms with E-state index in [0.29, 0.717) is 21.9 Å². The number of hydrogen-bond donors (Lipinski definition) is 0. The molecular formula is C16H13BrClNO3. The van der Waals surface area contributed by atoms with Gasteiger partial charge in [-0.1, -0.05) is 45.7 Å². The summed E-state index contributed by atoms with van der Waals surface area (Å²) in [7, 11) is 0. The Hall–Kier alpha value is -1.59. The molecule has 0 N–H and O–H groups in total. The second kappa shape index (κ2) is 6.26. The molecule has 22 heavy (non-hydrogen) atoms. The van der Waals surface area contributed by atoms with Crippen LogP contribution in [0.25, 0.3) is 0 Å². The van der Waals surface area contributed by atoms with Crippen molar-refractivity contribution in [2.24, 2.45) is 0 Å². The Morgan fingerprint density at radius 2 is 1.86 bits per heavy atom. The molecular weight excluding hydrogens is 370 g/mol. The lowest BCUT2D eigenvalue weighted by Gasteiger charge is -2.21. The van der Waals surface area contributed by atoms with E-state index >= 15 is 0 Å². The highest BCUT2D eigenvalue weighted by atomic mass is 79.9. The largest absolute Gasteiger partial charge is 0.457 e. The number of nitro groups is 1. The maximum Gasteiger partial charge on any atom is 0.211 e. The molecule has 0 aromatic heterocycles. The molecule has 0 unspecified atom stereocenters. The summed E-state index contributed by atoms with van der Waals surface area (Å²) in [6, 6.07) is 12.9. The molecule has 0 bridgehead atoms. The number of ether oxygens (including phenoxy) is 1. The Balaban J connectivity index is 2.20. The van der Waals surface area contributed by atoms with Gasteiger partial charge in [0, 0.05) is 32.3 Å². The quantitative estimate of drug-likeness (QED) is 0.427. The van der Waals surface area contributed by atoms with Crippen LogP contribution in [0, 0.1) is 10.1 Å². The van der Waals surface area contributed by atoms with Gasteiger partial charge in [0.1, 0.15) is 11.5 Å². The van der Waals surface area contributed by atoms with Crippen molar-refractivity contribution in [1.82, 2.24) is 0 Å². The SMILES string of the molecule is O=[N+]([O-])C[C@@H]1c2ccccc2Oc2ccc(Cl)cc2[C@H]1CBr. The van der Waals surface area contributed by atoms with E-state index in [1.807, 2.05) is 36.4 Å². The lowest BCUT2D eigenvalue weighted by molar-refractivity contribution is -0.484. The molecule has 3 rings (SSSR count). The number of benzene rings is 2. The summed E-state index contributed by atoms with van der Waals surface area (Å²) in [6.45, 7) is -0.150. The van der Waals surface area contributed by atoms with Crippen molar-refractivity contribution < 1.29 is 9.66 Å². The van der Waals surface area contributed by atoms with Crippen LogP contribution in [0.4, 0.5) is 0 Å². The van der Waals surface area contributed by atoms with Crippen molar-refractivity contribution in [2.75, 3.05) is 11.9 Å². The smallest absolute Gasteiger partial charge is 0.211 e. The molecule has 2 atom stereocenters. The Bertz CT molecular complexity index is 722. The zero-order chi connectivity index (χ0) is 15.7. The monoisotopic (exact) mass is 381 g/mol. The first-order chi connectivity index (χ1) is 10.6. The molecule has 0 saturated heterocycles. The third-order valence-corrected chi connectivity index (χ3v) is 4.84. The highest BCUT2D eigenvalue weighted by molar-refractivity contribution is 9.09. The lowest BCUT2D eigenvalue weighted by atomic mass is 9.82. The van der Waals surface area contributed by atoms with E-state index in [-0.39, 0.29) is 23.3 Å². The van der Waals surface area contributed by atoms with Crippen LogP contribution in [-0.4, -0.2) is 16.8 Å². The van der Waals surface area contributed by atoms with Gasteiger partial charge in [0.2, 0.25) is 6.54 Å². The van der Waals surface area contributed by atoms with Gasteiger partial charge >= 0.3 is 0 Å². The van der Waals surface area contributed by atoms with Gasteiger partial charge in [-0.25, -0.2) is 0 Å². The molecule has 1 heterocycles. The van der Waals surface area contributed by atoms with Crippen molar-refractivity contribution in [3.05, 3.63) is 68.7 Å². The van der Waals surface area contributed by atoms with E-state index in [9.17, 15) is 10.1 Å². The van der Waals surface area contributed by atoms with E-state index in [1.165, 1.54) is 0 Å². The normalized spacial score (nSPS) is 19.5. The maximum absolute atomic E-state index is 11.2. The molecule has 4 nitrogen and oxygen atoms in total. The molecule has 1 aliphatic heterocycles. The van der Waals surface area contributed by atoms with Crippen LogP contribution in [0.3, 0.4) is 0 Å². The van der Waals surface area contributed by atoms with Crippen LogP contribution in [0.1, 0.15) is 23.0 Å². The van der Waals surface area contributed by atoms with Crippen LogP contribution < -0.4 is 4.74 Å². The summed E-state index contributed by atoms with van der Waals surface area (Å²) >= 11 is 9.61. The Morgan fingerprint density at radius 3 is 2.59 bits per heavy atom. The first-order valence-corrected chi connectivity index (χ1v) is 8.34. The van der Waals surface area contributed by atoms with E-state index in [2.05, 4.69) is 15.9 Å². The first kappa shape index (κ1) is 15.3. The van der Waals surface area contributed by atoms with E-state index < -0.39 is 0 Å². The standard InChI is InChI=1S/C16H13BrClNO3/c17-8-13-12-7-10(18)5-6-16(12)22-15-4-2-1-3-11(15)14(13)9-19(20)21/h1-7,13-14H,8-9H2/t13-,14-/m1/s1. The van der Waals surface area contributed by atoms with E-state index in [4.69, 9.17) is 16.3 Å². The minimum absolute atomic E-state index is 0.0808. The Morgan fingerprint density at radius 1 is 1.14 bits per heavy atom. The average Bonchev–Trinajstić information content (AvgIpc) is 2.61. The summed E-state index contributed by atoms with van der Waals surface area (Å²) in [6.07, 6.45) is 0. The number of halogens is 2. The highest BCUT2D eigenvalue weighted by Gasteiger charge is 2.35. The third-order valence-electron chi connectivity index (χ3n) is 3.91. The molecule has 2 aromatic carbocycles. The fourth-order valence-corrected chi connectivity index (χ4v) is 3.89. The third kappa shape index (κ3) is 2.83. The molecule has 2 aromatic rings. The first-order valence-electron chi connectivity index (χ1n) is 6.84. The number of nitrogens with zero attached hydrogens (tertiary/aromatic N) is 1. The van der Waals surface area contributed by atoms with Crippen molar-refractivity contribution >= 4 is 27.5 Å². The summed E-state index contributed by atoms with van der Waals surface area (Å²) in [5.41, 5.74) is 1.75. The van der Waals surface area contributed by atoms with Crippen LogP contribution in [0.2, 0.25) is 5.02 Å². The molecule has 1 aliphatic rings. The van der Waals surface area contributed by atoms with Crippen molar-refractivity contribution in [1.29, 1.82) is 0 Å². The Labute approximate surface area is 141 Å². The number of fused-ring (bicyclic) bond motifs is 2. The topological polar surface area (TPSA) is 52.4 Å². The van der Waals surface area contributed by atoms with Gasteiger partial charge in [-0.2, -0.15) is 0 Å². The fraction of sp³-hybridized carbons (Fsp3) is 0.250. The molecule has 0 aliphatic carbocycles. The molecule has 0 amide bonds. The van der Waals surface area contributed by atoms with Gasteiger partial charge in [-0.15, -0.1) is 0 Å². The zero-order valence-corrected chi connectivity index (χ0v) is 13.9. The number of hydrogen-bond acceptors (Lipinski definition) is 3. The molecule has 0 spiro atoms. The maximum atomic E-state index is 11.2. The van der Waals surface area contributed by atoms with Gasteiger partial charge in [0.15, 0.2) is 0 Å². The number of alkyl halides is 1. The van der Waals surface area contributed by atoms with Crippen LogP contribution >= 0.6 is 27.5 Å². The number of para-hydroxylation sites is 1. The van der Waals surface area contributed by atoms with Gasteiger partial charge < -0.3 is 4.74 Å². The fourth-order valence-electron chi connectivity index (χ4n) is 2.91. The predicted molar refractivity (Wildman–Crippen MR) is 89.1 cm³/mol. The minimum atomic E-state index is -0.273. The average molecular weight is 383 g/mol. The Kier molecular flexibility index (Phi) is 4.36. The lowest BCUT2D eigenvalue weighted by Crippen LogP contribution is -2.20. The minimum Gasteiger partial charge on any atom is -0.457 e. The van der Waals surface area contributed by atoms with Gasteiger partial charge in [0.25, 0.3) is 0 Å². The molecule has 114 valence electrons. The van der Waals surface area contributed by atoms with E-state index in [0.717, 1.165) is 11.1 Å². The van der Waals surface area contributed by atoms with Crippen molar-refractivity contribution in [3.63, 3.8) is 0 Å². The summed E-state index contributed by atoms with van der Waals surface area (Å²) in [4.78, 5) is 10.9. The van der Waals surface area contributed by atoms with Crippen molar-refractivity contribution in [2.45, 2.75) is 11.8 Å².